The van der Waals surface area contributed by atoms with Crippen LogP contribution in [0, 0.1) is 12.3 Å². The molecule has 0 saturated carbocycles. The van der Waals surface area contributed by atoms with Crippen molar-refractivity contribution in [3.05, 3.63) is 23.9 Å². The van der Waals surface area contributed by atoms with Crippen LogP contribution in [0.4, 0.5) is 5.82 Å². The zero-order valence-electron chi connectivity index (χ0n) is 16.8. The van der Waals surface area contributed by atoms with Gasteiger partial charge in [-0.3, -0.25) is 9.79 Å². The van der Waals surface area contributed by atoms with Gasteiger partial charge in [-0.2, -0.15) is 0 Å². The van der Waals surface area contributed by atoms with Crippen molar-refractivity contribution in [1.82, 2.24) is 15.6 Å². The summed E-state index contributed by atoms with van der Waals surface area (Å²) in [6.45, 7) is 11.3. The Morgan fingerprint density at radius 1 is 1.31 bits per heavy atom. The molecule has 148 valence electrons. The van der Waals surface area contributed by atoms with Gasteiger partial charge in [-0.25, -0.2) is 4.98 Å². The van der Waals surface area contributed by atoms with Crippen LogP contribution in [0.2, 0.25) is 0 Å². The topological polar surface area (TPSA) is 78.4 Å². The third kappa shape index (κ3) is 11.3. The summed E-state index contributed by atoms with van der Waals surface area (Å²) in [6.07, 6.45) is 2.57. The zero-order valence-corrected chi connectivity index (χ0v) is 19.2. The number of carbonyl (C=O) groups excluding carboxylic acids is 1. The summed E-state index contributed by atoms with van der Waals surface area (Å²) in [5.74, 6) is 1.24. The molecule has 6 nitrogen and oxygen atoms in total. The van der Waals surface area contributed by atoms with Gasteiger partial charge >= 0.3 is 0 Å². The van der Waals surface area contributed by atoms with Gasteiger partial charge in [0.1, 0.15) is 5.82 Å². The van der Waals surface area contributed by atoms with E-state index in [0.29, 0.717) is 30.2 Å². The van der Waals surface area contributed by atoms with E-state index in [1.165, 1.54) is 0 Å². The van der Waals surface area contributed by atoms with Gasteiger partial charge in [0.15, 0.2) is 5.96 Å². The molecule has 0 aliphatic heterocycles. The van der Waals surface area contributed by atoms with E-state index in [1.807, 2.05) is 19.1 Å². The number of hydrogen-bond acceptors (Lipinski definition) is 3. The number of pyridine rings is 1. The number of anilines is 1. The van der Waals surface area contributed by atoms with Crippen LogP contribution in [-0.4, -0.2) is 36.5 Å². The summed E-state index contributed by atoms with van der Waals surface area (Å²) in [5.41, 5.74) is 1.21. The number of rotatable bonds is 7. The molecule has 1 unspecified atom stereocenters. The normalized spacial score (nSPS) is 12.8. The molecule has 1 aromatic heterocycles. The first-order valence-electron chi connectivity index (χ1n) is 8.90. The maximum atomic E-state index is 12.0. The number of aromatic nitrogens is 1. The molecule has 0 aromatic carbocycles. The standard InChI is InChI=1S/C19H33N5O.HI/c1-14-8-7-9-16(22-14)24-17(25)11-13-21-18(20-6)23-15(2)10-12-19(3,4)5;/h7-9,15H,10-13H2,1-6H3,(H2,20,21,23)(H,22,24,25);1H. The van der Waals surface area contributed by atoms with Crippen molar-refractivity contribution >= 4 is 41.7 Å². The Balaban J connectivity index is 0.00000625. The van der Waals surface area contributed by atoms with E-state index in [0.717, 1.165) is 24.5 Å². The summed E-state index contributed by atoms with van der Waals surface area (Å²) in [6, 6.07) is 5.89. The summed E-state index contributed by atoms with van der Waals surface area (Å²) < 4.78 is 0. The van der Waals surface area contributed by atoms with Gasteiger partial charge in [0.2, 0.25) is 5.91 Å². The van der Waals surface area contributed by atoms with Gasteiger partial charge in [-0.15, -0.1) is 24.0 Å². The Labute approximate surface area is 175 Å². The molecule has 3 N–H and O–H groups in total. The smallest absolute Gasteiger partial charge is 0.227 e. The molecule has 1 aromatic rings. The molecule has 0 saturated heterocycles. The van der Waals surface area contributed by atoms with Crippen molar-refractivity contribution in [3.63, 3.8) is 0 Å². The predicted molar refractivity (Wildman–Crippen MR) is 120 cm³/mol. The second-order valence-electron chi connectivity index (χ2n) is 7.61. The van der Waals surface area contributed by atoms with Crippen LogP contribution in [0.3, 0.4) is 0 Å². The Bertz CT molecular complexity index is 584. The van der Waals surface area contributed by atoms with Gasteiger partial charge < -0.3 is 16.0 Å². The molecular weight excluding hydrogens is 441 g/mol. The van der Waals surface area contributed by atoms with Gasteiger partial charge in [0, 0.05) is 31.7 Å². The lowest BCUT2D eigenvalue weighted by atomic mass is 9.89. The largest absolute Gasteiger partial charge is 0.356 e. The minimum Gasteiger partial charge on any atom is -0.356 e. The van der Waals surface area contributed by atoms with Crippen molar-refractivity contribution < 1.29 is 4.79 Å². The molecule has 1 heterocycles. The molecule has 1 rings (SSSR count). The van der Waals surface area contributed by atoms with Gasteiger partial charge in [0.05, 0.1) is 0 Å². The van der Waals surface area contributed by atoms with Crippen LogP contribution in [0.25, 0.3) is 0 Å². The number of amides is 1. The van der Waals surface area contributed by atoms with Gasteiger partial charge in [-0.1, -0.05) is 26.8 Å². The highest BCUT2D eigenvalue weighted by Gasteiger charge is 2.13. The summed E-state index contributed by atoms with van der Waals surface area (Å²) in [5, 5.41) is 9.35. The molecule has 26 heavy (non-hydrogen) atoms. The number of nitrogens with zero attached hydrogens (tertiary/aromatic N) is 2. The van der Waals surface area contributed by atoms with E-state index >= 15 is 0 Å². The van der Waals surface area contributed by atoms with E-state index in [1.54, 1.807) is 13.1 Å². The van der Waals surface area contributed by atoms with Crippen LogP contribution in [-0.2, 0) is 4.79 Å². The van der Waals surface area contributed by atoms with Crippen LogP contribution in [0.15, 0.2) is 23.2 Å². The number of halogens is 1. The van der Waals surface area contributed by atoms with Gasteiger partial charge in [0.25, 0.3) is 0 Å². The maximum absolute atomic E-state index is 12.0. The predicted octanol–water partition coefficient (Wildman–Crippen LogP) is 3.72. The molecule has 1 atom stereocenters. The number of aryl methyl sites for hydroxylation is 1. The highest BCUT2D eigenvalue weighted by Crippen LogP contribution is 2.21. The SMILES string of the molecule is CN=C(NCCC(=O)Nc1cccc(C)n1)NC(C)CCC(C)(C)C.I. The first-order chi connectivity index (χ1) is 11.7. The first-order valence-corrected chi connectivity index (χ1v) is 8.90. The third-order valence-electron chi connectivity index (χ3n) is 3.73. The van der Waals surface area contributed by atoms with Crippen molar-refractivity contribution in [2.75, 3.05) is 18.9 Å². The fraction of sp³-hybridized carbons (Fsp3) is 0.632. The fourth-order valence-corrected chi connectivity index (χ4v) is 2.26. The lowest BCUT2D eigenvalue weighted by Crippen LogP contribution is -2.43. The van der Waals surface area contributed by atoms with E-state index in [4.69, 9.17) is 0 Å². The maximum Gasteiger partial charge on any atom is 0.227 e. The molecule has 1 amide bonds. The Morgan fingerprint density at radius 2 is 2.00 bits per heavy atom. The van der Waals surface area contributed by atoms with Gasteiger partial charge in [-0.05, 0) is 44.2 Å². The van der Waals surface area contributed by atoms with Crippen molar-refractivity contribution in [2.45, 2.75) is 59.9 Å². The molecular formula is C19H34IN5O. The molecule has 0 spiro atoms. The summed E-state index contributed by atoms with van der Waals surface area (Å²) >= 11 is 0. The number of nitrogens with one attached hydrogen (secondary N) is 3. The van der Waals surface area contributed by atoms with Crippen LogP contribution < -0.4 is 16.0 Å². The van der Waals surface area contributed by atoms with Crippen molar-refractivity contribution in [3.8, 4) is 0 Å². The fourth-order valence-electron chi connectivity index (χ4n) is 2.26. The van der Waals surface area contributed by atoms with Crippen LogP contribution in [0.5, 0.6) is 0 Å². The Hall–Kier alpha value is -1.38. The highest BCUT2D eigenvalue weighted by atomic mass is 127. The third-order valence-corrected chi connectivity index (χ3v) is 3.73. The van der Waals surface area contributed by atoms with Crippen LogP contribution in [0.1, 0.15) is 52.7 Å². The van der Waals surface area contributed by atoms with E-state index in [9.17, 15) is 4.79 Å². The molecule has 7 heteroatoms. The molecule has 0 radical (unpaired) electrons. The average Bonchev–Trinajstić information content (AvgIpc) is 2.51. The number of hydrogen-bond donors (Lipinski definition) is 3. The molecule has 0 aliphatic rings. The quantitative estimate of drug-likeness (QED) is 0.319. The average molecular weight is 475 g/mol. The molecule has 0 fully saturated rings. The van der Waals surface area contributed by atoms with E-state index < -0.39 is 0 Å². The van der Waals surface area contributed by atoms with E-state index in [2.05, 4.69) is 53.6 Å². The monoisotopic (exact) mass is 475 g/mol. The van der Waals surface area contributed by atoms with E-state index in [-0.39, 0.29) is 29.9 Å². The lowest BCUT2D eigenvalue weighted by molar-refractivity contribution is -0.116. The van der Waals surface area contributed by atoms with Crippen molar-refractivity contribution in [1.29, 1.82) is 0 Å². The number of guanidine groups is 1. The Morgan fingerprint density at radius 3 is 2.58 bits per heavy atom. The Kier molecular flexibility index (Phi) is 11.4. The second kappa shape index (κ2) is 12.1. The highest BCUT2D eigenvalue weighted by molar-refractivity contribution is 14.0. The number of aliphatic imine (C=N–C) groups is 1. The summed E-state index contributed by atoms with van der Waals surface area (Å²) in [4.78, 5) is 20.5. The minimum absolute atomic E-state index is 0. The number of carbonyl (C=O) groups is 1. The van der Waals surface area contributed by atoms with Crippen molar-refractivity contribution in [2.24, 2.45) is 10.4 Å². The first kappa shape index (κ1) is 24.6. The minimum atomic E-state index is -0.0677. The lowest BCUT2D eigenvalue weighted by Gasteiger charge is -2.23. The summed E-state index contributed by atoms with van der Waals surface area (Å²) in [7, 11) is 1.74. The molecule has 0 aliphatic carbocycles. The zero-order chi connectivity index (χ0) is 18.9. The van der Waals surface area contributed by atoms with Crippen LogP contribution >= 0.6 is 24.0 Å². The molecule has 0 bridgehead atoms. The second-order valence-corrected chi connectivity index (χ2v) is 7.61.